The Morgan fingerprint density at radius 2 is 2.40 bits per heavy atom. The van der Waals surface area contributed by atoms with E-state index in [1.807, 2.05) is 6.07 Å². The topological polar surface area (TPSA) is 32.3 Å². The van der Waals surface area contributed by atoms with E-state index in [0.717, 1.165) is 22.3 Å². The van der Waals surface area contributed by atoms with Gasteiger partial charge < -0.3 is 10.4 Å². The Labute approximate surface area is 103 Å². The molecule has 0 aromatic carbocycles. The summed E-state index contributed by atoms with van der Waals surface area (Å²) in [5.74, 6) is 0. The van der Waals surface area contributed by atoms with E-state index in [2.05, 4.69) is 28.2 Å². The standard InChI is InChI=1S/C11H16BrNOS/c1-7-8(6-10(12)15-7)11(14)9-4-2-3-5-13-9/h6,9,11,13-14H,2-5H2,1H3. The van der Waals surface area contributed by atoms with E-state index in [1.54, 1.807) is 11.3 Å². The highest BCUT2D eigenvalue weighted by Gasteiger charge is 2.24. The van der Waals surface area contributed by atoms with Gasteiger partial charge in [0.25, 0.3) is 0 Å². The van der Waals surface area contributed by atoms with Gasteiger partial charge in [-0.25, -0.2) is 0 Å². The van der Waals surface area contributed by atoms with Crippen molar-refractivity contribution in [2.75, 3.05) is 6.54 Å². The van der Waals surface area contributed by atoms with Crippen molar-refractivity contribution in [2.24, 2.45) is 0 Å². The average Bonchev–Trinajstić information content (AvgIpc) is 2.58. The maximum atomic E-state index is 10.3. The van der Waals surface area contributed by atoms with E-state index in [-0.39, 0.29) is 12.1 Å². The van der Waals surface area contributed by atoms with Crippen molar-refractivity contribution in [1.29, 1.82) is 0 Å². The van der Waals surface area contributed by atoms with Crippen molar-refractivity contribution in [1.82, 2.24) is 5.32 Å². The zero-order chi connectivity index (χ0) is 10.8. The molecule has 2 heterocycles. The summed E-state index contributed by atoms with van der Waals surface area (Å²) in [4.78, 5) is 1.21. The lowest BCUT2D eigenvalue weighted by molar-refractivity contribution is 0.113. The maximum Gasteiger partial charge on any atom is 0.0953 e. The lowest BCUT2D eigenvalue weighted by atomic mass is 9.95. The third-order valence-electron chi connectivity index (χ3n) is 2.97. The van der Waals surface area contributed by atoms with Crippen LogP contribution in [-0.2, 0) is 0 Å². The number of rotatable bonds is 2. The number of hydrogen-bond acceptors (Lipinski definition) is 3. The van der Waals surface area contributed by atoms with Crippen LogP contribution in [0.5, 0.6) is 0 Å². The minimum absolute atomic E-state index is 0.235. The quantitative estimate of drug-likeness (QED) is 0.877. The Kier molecular flexibility index (Phi) is 3.83. The van der Waals surface area contributed by atoms with E-state index < -0.39 is 0 Å². The van der Waals surface area contributed by atoms with Crippen molar-refractivity contribution < 1.29 is 5.11 Å². The van der Waals surface area contributed by atoms with Crippen molar-refractivity contribution >= 4 is 27.3 Å². The lowest BCUT2D eigenvalue weighted by Crippen LogP contribution is -2.38. The molecule has 0 spiro atoms. The Morgan fingerprint density at radius 1 is 1.60 bits per heavy atom. The molecule has 1 aliphatic rings. The Bertz CT molecular complexity index is 333. The number of aryl methyl sites for hydroxylation is 1. The van der Waals surface area contributed by atoms with E-state index in [4.69, 9.17) is 0 Å². The molecule has 0 amide bonds. The van der Waals surface area contributed by atoms with Gasteiger partial charge in [0.05, 0.1) is 9.89 Å². The van der Waals surface area contributed by atoms with Crippen LogP contribution in [0.3, 0.4) is 0 Å². The molecular formula is C11H16BrNOS. The molecule has 1 aromatic rings. The first kappa shape index (κ1) is 11.6. The molecule has 2 rings (SSSR count). The van der Waals surface area contributed by atoms with Gasteiger partial charge in [0.1, 0.15) is 0 Å². The molecule has 0 bridgehead atoms. The van der Waals surface area contributed by atoms with Crippen LogP contribution in [0.15, 0.2) is 9.85 Å². The van der Waals surface area contributed by atoms with Crippen molar-refractivity contribution in [2.45, 2.75) is 38.3 Å². The van der Waals surface area contributed by atoms with Crippen LogP contribution in [0.2, 0.25) is 0 Å². The second kappa shape index (κ2) is 4.95. The number of aliphatic hydroxyl groups excluding tert-OH is 1. The fourth-order valence-corrected chi connectivity index (χ4v) is 3.87. The summed E-state index contributed by atoms with van der Waals surface area (Å²) in [5.41, 5.74) is 1.08. The van der Waals surface area contributed by atoms with E-state index >= 15 is 0 Å². The average molecular weight is 290 g/mol. The molecule has 2 nitrogen and oxygen atoms in total. The number of halogens is 1. The Balaban J connectivity index is 2.12. The van der Waals surface area contributed by atoms with Crippen LogP contribution in [0.25, 0.3) is 0 Å². The van der Waals surface area contributed by atoms with Crippen LogP contribution in [-0.4, -0.2) is 17.7 Å². The fourth-order valence-electron chi connectivity index (χ4n) is 2.12. The monoisotopic (exact) mass is 289 g/mol. The molecule has 4 heteroatoms. The van der Waals surface area contributed by atoms with E-state index in [1.165, 1.54) is 17.7 Å². The molecule has 2 N–H and O–H groups in total. The smallest absolute Gasteiger partial charge is 0.0953 e. The second-order valence-electron chi connectivity index (χ2n) is 4.06. The molecule has 1 saturated heterocycles. The number of thiophene rings is 1. The number of piperidine rings is 1. The Hall–Kier alpha value is 0.1000. The van der Waals surface area contributed by atoms with Crippen molar-refractivity contribution in [3.63, 3.8) is 0 Å². The van der Waals surface area contributed by atoms with Gasteiger partial charge in [-0.3, -0.25) is 0 Å². The summed E-state index contributed by atoms with van der Waals surface area (Å²) in [6, 6.07) is 2.28. The van der Waals surface area contributed by atoms with Crippen LogP contribution >= 0.6 is 27.3 Å². The second-order valence-corrected chi connectivity index (χ2v) is 6.70. The van der Waals surface area contributed by atoms with Gasteiger partial charge in [-0.1, -0.05) is 6.42 Å². The van der Waals surface area contributed by atoms with E-state index in [9.17, 15) is 5.11 Å². The molecule has 0 radical (unpaired) electrons. The summed E-state index contributed by atoms with van der Waals surface area (Å²) >= 11 is 5.15. The highest BCUT2D eigenvalue weighted by Crippen LogP contribution is 2.33. The highest BCUT2D eigenvalue weighted by atomic mass is 79.9. The fraction of sp³-hybridized carbons (Fsp3) is 0.636. The first-order chi connectivity index (χ1) is 7.18. The van der Waals surface area contributed by atoms with Gasteiger partial charge in [-0.05, 0) is 53.9 Å². The summed E-state index contributed by atoms with van der Waals surface area (Å²) in [5, 5.41) is 13.7. The first-order valence-corrected chi connectivity index (χ1v) is 6.96. The van der Waals surface area contributed by atoms with Gasteiger partial charge >= 0.3 is 0 Å². The molecule has 1 fully saturated rings. The minimum Gasteiger partial charge on any atom is -0.387 e. The Morgan fingerprint density at radius 3 is 2.93 bits per heavy atom. The van der Waals surface area contributed by atoms with E-state index in [0.29, 0.717) is 0 Å². The highest BCUT2D eigenvalue weighted by molar-refractivity contribution is 9.11. The summed E-state index contributed by atoms with van der Waals surface area (Å²) in [7, 11) is 0. The first-order valence-electron chi connectivity index (χ1n) is 5.36. The maximum absolute atomic E-state index is 10.3. The third kappa shape index (κ3) is 2.61. The number of hydrogen-bond donors (Lipinski definition) is 2. The zero-order valence-electron chi connectivity index (χ0n) is 8.79. The van der Waals surface area contributed by atoms with Gasteiger partial charge in [-0.15, -0.1) is 11.3 Å². The molecule has 2 atom stereocenters. The minimum atomic E-state index is -0.354. The normalized spacial score (nSPS) is 24.1. The molecule has 1 aromatic heterocycles. The van der Waals surface area contributed by atoms with Gasteiger partial charge in [0.2, 0.25) is 0 Å². The number of aliphatic hydroxyl groups is 1. The molecule has 0 saturated carbocycles. The number of nitrogens with one attached hydrogen (secondary N) is 1. The van der Waals surface area contributed by atoms with Crippen molar-refractivity contribution in [3.05, 3.63) is 20.3 Å². The van der Waals surface area contributed by atoms with Gasteiger partial charge in [0, 0.05) is 10.9 Å². The van der Waals surface area contributed by atoms with Crippen LogP contribution in [0, 0.1) is 6.92 Å². The van der Waals surface area contributed by atoms with Gasteiger partial charge in [0.15, 0.2) is 0 Å². The molecule has 15 heavy (non-hydrogen) atoms. The predicted octanol–water partition coefficient (Wildman–Crippen LogP) is 2.99. The predicted molar refractivity (Wildman–Crippen MR) is 67.4 cm³/mol. The molecule has 84 valence electrons. The third-order valence-corrected chi connectivity index (χ3v) is 4.54. The molecule has 2 unspecified atom stereocenters. The van der Waals surface area contributed by atoms with Gasteiger partial charge in [-0.2, -0.15) is 0 Å². The summed E-state index contributed by atoms with van der Waals surface area (Å²) in [6.07, 6.45) is 3.18. The lowest BCUT2D eigenvalue weighted by Gasteiger charge is -2.28. The molecule has 1 aliphatic heterocycles. The largest absolute Gasteiger partial charge is 0.387 e. The van der Waals surface area contributed by atoms with Crippen LogP contribution < -0.4 is 5.32 Å². The SMILES string of the molecule is Cc1sc(Br)cc1C(O)C1CCCCN1. The molecular weight excluding hydrogens is 274 g/mol. The van der Waals surface area contributed by atoms with Crippen LogP contribution in [0.4, 0.5) is 0 Å². The van der Waals surface area contributed by atoms with Crippen LogP contribution in [0.1, 0.15) is 35.8 Å². The summed E-state index contributed by atoms with van der Waals surface area (Å²) in [6.45, 7) is 3.10. The zero-order valence-corrected chi connectivity index (χ0v) is 11.2. The summed E-state index contributed by atoms with van der Waals surface area (Å²) < 4.78 is 1.10. The van der Waals surface area contributed by atoms with Crippen molar-refractivity contribution in [3.8, 4) is 0 Å². The molecule has 0 aliphatic carbocycles.